The highest BCUT2D eigenvalue weighted by Gasteiger charge is 2.29. The van der Waals surface area contributed by atoms with Gasteiger partial charge in [0.05, 0.1) is 12.2 Å². The van der Waals surface area contributed by atoms with Crippen LogP contribution in [0, 0.1) is 12.8 Å². The number of nitrogens with one attached hydrogen (secondary N) is 1. The van der Waals surface area contributed by atoms with Gasteiger partial charge in [0.2, 0.25) is 5.91 Å². The lowest BCUT2D eigenvalue weighted by atomic mass is 9.72. The zero-order chi connectivity index (χ0) is 22.0. The van der Waals surface area contributed by atoms with Gasteiger partial charge >= 0.3 is 5.97 Å². The Balaban J connectivity index is 1.32. The molecule has 31 heavy (non-hydrogen) atoms. The topological polar surface area (TPSA) is 55.4 Å². The van der Waals surface area contributed by atoms with Crippen LogP contribution in [0.3, 0.4) is 0 Å². The Morgan fingerprint density at radius 1 is 1.10 bits per heavy atom. The average Bonchev–Trinajstić information content (AvgIpc) is 2.67. The summed E-state index contributed by atoms with van der Waals surface area (Å²) in [6.45, 7) is 6.85. The highest BCUT2D eigenvalue weighted by molar-refractivity contribution is 5.93. The largest absolute Gasteiger partial charge is 0.462 e. The summed E-state index contributed by atoms with van der Waals surface area (Å²) < 4.78 is 5.61. The van der Waals surface area contributed by atoms with Crippen LogP contribution in [0.1, 0.15) is 78.6 Å². The molecule has 164 valence electrons. The van der Waals surface area contributed by atoms with E-state index in [-0.39, 0.29) is 23.2 Å². The quantitative estimate of drug-likeness (QED) is 0.607. The molecule has 2 aliphatic rings. The second-order valence-electron chi connectivity index (χ2n) is 9.76. The summed E-state index contributed by atoms with van der Waals surface area (Å²) >= 11 is 0. The van der Waals surface area contributed by atoms with Crippen molar-refractivity contribution in [1.29, 1.82) is 0 Å². The number of fused-ring (bicyclic) bond motifs is 1. The summed E-state index contributed by atoms with van der Waals surface area (Å²) in [5.74, 6) is 0.0549. The first kappa shape index (κ1) is 21.6. The number of anilines is 1. The fourth-order valence-electron chi connectivity index (χ4n) is 4.69. The second-order valence-corrected chi connectivity index (χ2v) is 9.76. The van der Waals surface area contributed by atoms with Crippen LogP contribution in [-0.2, 0) is 27.8 Å². The molecule has 1 N–H and O–H groups in total. The Kier molecular flexibility index (Phi) is 6.17. The minimum atomic E-state index is -0.244. The van der Waals surface area contributed by atoms with Gasteiger partial charge in [-0.1, -0.05) is 38.5 Å². The number of aryl methyl sites for hydroxylation is 2. The molecule has 0 radical (unpaired) electrons. The van der Waals surface area contributed by atoms with E-state index in [9.17, 15) is 9.59 Å². The van der Waals surface area contributed by atoms with E-state index in [1.54, 1.807) is 0 Å². The van der Waals surface area contributed by atoms with Crippen LogP contribution >= 0.6 is 0 Å². The fraction of sp³-hybridized carbons (Fsp3) is 0.481. The zero-order valence-corrected chi connectivity index (χ0v) is 18.9. The molecular formula is C27H33NO3. The van der Waals surface area contributed by atoms with Crippen LogP contribution in [0.4, 0.5) is 5.69 Å². The van der Waals surface area contributed by atoms with E-state index in [1.165, 1.54) is 17.5 Å². The standard InChI is InChI=1S/C27H33NO3/c1-18-16-21-8-5-14-27(2,3)24(21)17-23(18)26(30)31-15-13-19-9-11-22(12-10-19)28-25(29)20-6-4-7-20/h9-12,16-17,20H,4-8,13-15H2,1-3H3,(H,28,29). The second kappa shape index (κ2) is 8.86. The number of esters is 1. The monoisotopic (exact) mass is 419 g/mol. The van der Waals surface area contributed by atoms with Crippen molar-refractivity contribution in [2.75, 3.05) is 11.9 Å². The highest BCUT2D eigenvalue weighted by atomic mass is 16.5. The predicted molar refractivity (Wildman–Crippen MR) is 124 cm³/mol. The molecule has 0 unspecified atom stereocenters. The summed E-state index contributed by atoms with van der Waals surface area (Å²) in [7, 11) is 0. The number of carbonyl (C=O) groups is 2. The molecule has 2 aliphatic carbocycles. The van der Waals surface area contributed by atoms with E-state index in [1.807, 2.05) is 31.2 Å². The molecule has 0 bridgehead atoms. The van der Waals surface area contributed by atoms with E-state index < -0.39 is 0 Å². The van der Waals surface area contributed by atoms with E-state index in [0.29, 0.717) is 18.6 Å². The van der Waals surface area contributed by atoms with Crippen LogP contribution in [0.15, 0.2) is 36.4 Å². The third-order valence-corrected chi connectivity index (χ3v) is 6.97. The summed E-state index contributed by atoms with van der Waals surface area (Å²) in [6.07, 6.45) is 7.23. The molecule has 0 aromatic heterocycles. The number of rotatable bonds is 6. The van der Waals surface area contributed by atoms with Crippen molar-refractivity contribution in [2.45, 2.75) is 71.1 Å². The van der Waals surface area contributed by atoms with Crippen molar-refractivity contribution in [3.63, 3.8) is 0 Å². The van der Waals surface area contributed by atoms with Gasteiger partial charge < -0.3 is 10.1 Å². The molecule has 0 heterocycles. The lowest BCUT2D eigenvalue weighted by molar-refractivity contribution is -0.122. The van der Waals surface area contributed by atoms with Gasteiger partial charge in [-0.05, 0) is 84.9 Å². The summed E-state index contributed by atoms with van der Waals surface area (Å²) in [5, 5.41) is 2.98. The van der Waals surface area contributed by atoms with Gasteiger partial charge in [0.1, 0.15) is 0 Å². The number of benzene rings is 2. The van der Waals surface area contributed by atoms with Gasteiger partial charge in [0, 0.05) is 18.0 Å². The van der Waals surface area contributed by atoms with Crippen molar-refractivity contribution in [3.05, 3.63) is 64.2 Å². The lowest BCUT2D eigenvalue weighted by Gasteiger charge is -2.33. The molecule has 2 aromatic rings. The van der Waals surface area contributed by atoms with Crippen molar-refractivity contribution >= 4 is 17.6 Å². The Hall–Kier alpha value is -2.62. The van der Waals surface area contributed by atoms with Crippen molar-refractivity contribution < 1.29 is 14.3 Å². The molecular weight excluding hydrogens is 386 g/mol. The molecule has 1 fully saturated rings. The summed E-state index contributed by atoms with van der Waals surface area (Å²) in [4.78, 5) is 24.8. The molecule has 1 saturated carbocycles. The Bertz CT molecular complexity index is 971. The molecule has 1 amide bonds. The molecule has 2 aromatic carbocycles. The number of ether oxygens (including phenoxy) is 1. The molecule has 0 spiro atoms. The molecule has 0 atom stereocenters. The number of hydrogen-bond donors (Lipinski definition) is 1. The minimum absolute atomic E-state index is 0.103. The van der Waals surface area contributed by atoms with Crippen LogP contribution in [0.25, 0.3) is 0 Å². The van der Waals surface area contributed by atoms with Crippen LogP contribution in [-0.4, -0.2) is 18.5 Å². The molecule has 4 heteroatoms. The zero-order valence-electron chi connectivity index (χ0n) is 18.9. The van der Waals surface area contributed by atoms with Crippen LogP contribution < -0.4 is 5.32 Å². The van der Waals surface area contributed by atoms with E-state index in [4.69, 9.17) is 4.74 Å². The van der Waals surface area contributed by atoms with Crippen molar-refractivity contribution in [1.82, 2.24) is 0 Å². The number of carbonyl (C=O) groups excluding carboxylic acids is 2. The number of hydrogen-bond acceptors (Lipinski definition) is 3. The Morgan fingerprint density at radius 3 is 2.52 bits per heavy atom. The lowest BCUT2D eigenvalue weighted by Crippen LogP contribution is -2.27. The van der Waals surface area contributed by atoms with Gasteiger partial charge in [-0.3, -0.25) is 4.79 Å². The van der Waals surface area contributed by atoms with Gasteiger partial charge in [-0.2, -0.15) is 0 Å². The van der Waals surface area contributed by atoms with E-state index in [2.05, 4.69) is 31.3 Å². The van der Waals surface area contributed by atoms with Crippen molar-refractivity contribution in [3.8, 4) is 0 Å². The smallest absolute Gasteiger partial charge is 0.338 e. The van der Waals surface area contributed by atoms with Gasteiger partial charge in [0.15, 0.2) is 0 Å². The Labute approximate surface area is 185 Å². The normalized spacial score (nSPS) is 17.4. The third-order valence-electron chi connectivity index (χ3n) is 6.97. The number of amides is 1. The first-order valence-corrected chi connectivity index (χ1v) is 11.5. The van der Waals surface area contributed by atoms with Crippen molar-refractivity contribution in [2.24, 2.45) is 5.92 Å². The minimum Gasteiger partial charge on any atom is -0.462 e. The van der Waals surface area contributed by atoms with Crippen LogP contribution in [0.5, 0.6) is 0 Å². The maximum absolute atomic E-state index is 12.8. The van der Waals surface area contributed by atoms with Gasteiger partial charge in [0.25, 0.3) is 0 Å². The summed E-state index contributed by atoms with van der Waals surface area (Å²) in [6, 6.07) is 12.0. The first-order chi connectivity index (χ1) is 14.8. The first-order valence-electron chi connectivity index (χ1n) is 11.5. The third kappa shape index (κ3) is 4.84. The van der Waals surface area contributed by atoms with Gasteiger partial charge in [-0.25, -0.2) is 4.79 Å². The maximum atomic E-state index is 12.8. The predicted octanol–water partition coefficient (Wildman–Crippen LogP) is 5.75. The van der Waals surface area contributed by atoms with Crippen LogP contribution in [0.2, 0.25) is 0 Å². The highest BCUT2D eigenvalue weighted by Crippen LogP contribution is 2.38. The SMILES string of the molecule is Cc1cc2c(cc1C(=O)OCCc1ccc(NC(=O)C3CCC3)cc1)C(C)(C)CCC2. The fourth-order valence-corrected chi connectivity index (χ4v) is 4.69. The average molecular weight is 420 g/mol. The van der Waals surface area contributed by atoms with Gasteiger partial charge in [-0.15, -0.1) is 0 Å². The molecule has 4 rings (SSSR count). The maximum Gasteiger partial charge on any atom is 0.338 e. The molecule has 4 nitrogen and oxygen atoms in total. The molecule has 0 saturated heterocycles. The molecule has 0 aliphatic heterocycles. The van der Waals surface area contributed by atoms with E-state index >= 15 is 0 Å². The Morgan fingerprint density at radius 2 is 1.84 bits per heavy atom. The summed E-state index contributed by atoms with van der Waals surface area (Å²) in [5.41, 5.74) is 6.34. The van der Waals surface area contributed by atoms with E-state index in [0.717, 1.165) is 48.9 Å².